The summed E-state index contributed by atoms with van der Waals surface area (Å²) in [6.45, 7) is 7.66. The van der Waals surface area contributed by atoms with Crippen LogP contribution in [0.15, 0.2) is 24.5 Å². The zero-order valence-corrected chi connectivity index (χ0v) is 15.2. The van der Waals surface area contributed by atoms with Crippen LogP contribution < -0.4 is 5.32 Å². The molecule has 1 atom stereocenters. The van der Waals surface area contributed by atoms with Gasteiger partial charge in [-0.25, -0.2) is 0 Å². The molecule has 2 aromatic heterocycles. The molecule has 134 valence electrons. The number of hydrogen-bond donors (Lipinski definition) is 2. The number of aromatic amines is 1. The first-order valence-electron chi connectivity index (χ1n) is 9.05. The van der Waals surface area contributed by atoms with Crippen LogP contribution in [-0.2, 0) is 11.2 Å². The van der Waals surface area contributed by atoms with Crippen LogP contribution in [0.4, 0.5) is 5.69 Å². The molecule has 6 nitrogen and oxygen atoms in total. The molecule has 0 unspecified atom stereocenters. The Labute approximate surface area is 149 Å². The summed E-state index contributed by atoms with van der Waals surface area (Å²) < 4.78 is 0. The minimum absolute atomic E-state index is 0.00193. The summed E-state index contributed by atoms with van der Waals surface area (Å²) >= 11 is 0. The zero-order chi connectivity index (χ0) is 17.8. The van der Waals surface area contributed by atoms with E-state index in [9.17, 15) is 4.79 Å². The first-order chi connectivity index (χ1) is 12.0. The minimum atomic E-state index is 0.00193. The second kappa shape index (κ2) is 7.78. The van der Waals surface area contributed by atoms with Gasteiger partial charge in [-0.3, -0.25) is 19.8 Å². The summed E-state index contributed by atoms with van der Waals surface area (Å²) in [5, 5.41) is 9.36. The van der Waals surface area contributed by atoms with Crippen molar-refractivity contribution in [2.75, 3.05) is 11.9 Å². The SMILES string of the molecule is Cc1cc(CCC(=O)Nc2cn[nH]c2)cc([C@@H]2CCCN2C(C)C)n1. The summed E-state index contributed by atoms with van der Waals surface area (Å²) in [6.07, 6.45) is 6.83. The maximum Gasteiger partial charge on any atom is 0.224 e. The lowest BCUT2D eigenvalue weighted by atomic mass is 10.0. The lowest BCUT2D eigenvalue weighted by Crippen LogP contribution is -2.30. The molecular weight excluding hydrogens is 314 g/mol. The smallest absolute Gasteiger partial charge is 0.224 e. The number of nitrogens with zero attached hydrogens (tertiary/aromatic N) is 3. The van der Waals surface area contributed by atoms with E-state index in [1.807, 2.05) is 6.92 Å². The number of likely N-dealkylation sites (tertiary alicyclic amines) is 1. The number of aryl methyl sites for hydroxylation is 2. The maximum absolute atomic E-state index is 12.1. The Bertz CT molecular complexity index is 711. The van der Waals surface area contributed by atoms with Gasteiger partial charge in [-0.05, 0) is 64.3 Å². The summed E-state index contributed by atoms with van der Waals surface area (Å²) in [4.78, 5) is 19.4. The predicted octanol–water partition coefficient (Wildman–Crippen LogP) is 3.23. The Hall–Kier alpha value is -2.21. The topological polar surface area (TPSA) is 73.9 Å². The molecule has 0 saturated carbocycles. The fourth-order valence-corrected chi connectivity index (χ4v) is 3.61. The Morgan fingerprint density at radius 3 is 3.00 bits per heavy atom. The predicted molar refractivity (Wildman–Crippen MR) is 98.3 cm³/mol. The first kappa shape index (κ1) is 17.6. The molecule has 0 aliphatic carbocycles. The molecule has 2 N–H and O–H groups in total. The number of H-pyrrole nitrogens is 1. The molecular formula is C19H27N5O. The Morgan fingerprint density at radius 2 is 2.28 bits per heavy atom. The number of anilines is 1. The van der Waals surface area contributed by atoms with Gasteiger partial charge >= 0.3 is 0 Å². The van der Waals surface area contributed by atoms with Crippen molar-refractivity contribution in [1.82, 2.24) is 20.1 Å². The molecule has 0 aromatic carbocycles. The lowest BCUT2D eigenvalue weighted by molar-refractivity contribution is -0.116. The average Bonchev–Trinajstić information content (AvgIpc) is 3.23. The van der Waals surface area contributed by atoms with Gasteiger partial charge in [0.05, 0.1) is 23.6 Å². The van der Waals surface area contributed by atoms with Gasteiger partial charge in [0.1, 0.15) is 0 Å². The highest BCUT2D eigenvalue weighted by atomic mass is 16.1. The molecule has 1 amide bonds. The summed E-state index contributed by atoms with van der Waals surface area (Å²) in [5.74, 6) is 0.00193. The van der Waals surface area contributed by atoms with Crippen molar-refractivity contribution in [1.29, 1.82) is 0 Å². The summed E-state index contributed by atoms with van der Waals surface area (Å²) in [7, 11) is 0. The number of carbonyl (C=O) groups excluding carboxylic acids is 1. The highest BCUT2D eigenvalue weighted by molar-refractivity contribution is 5.90. The van der Waals surface area contributed by atoms with Gasteiger partial charge in [-0.2, -0.15) is 5.10 Å². The van der Waals surface area contributed by atoms with E-state index in [1.54, 1.807) is 12.4 Å². The summed E-state index contributed by atoms with van der Waals surface area (Å²) in [6, 6.07) is 5.20. The largest absolute Gasteiger partial charge is 0.323 e. The van der Waals surface area contributed by atoms with E-state index in [-0.39, 0.29) is 5.91 Å². The number of nitrogens with one attached hydrogen (secondary N) is 2. The molecule has 0 bridgehead atoms. The van der Waals surface area contributed by atoms with Crippen LogP contribution in [0.1, 0.15) is 56.1 Å². The van der Waals surface area contributed by atoms with E-state index in [2.05, 4.69) is 46.4 Å². The Morgan fingerprint density at radius 1 is 1.44 bits per heavy atom. The van der Waals surface area contributed by atoms with Crippen molar-refractivity contribution >= 4 is 11.6 Å². The van der Waals surface area contributed by atoms with Gasteiger partial charge in [0, 0.05) is 24.4 Å². The van der Waals surface area contributed by atoms with E-state index >= 15 is 0 Å². The number of rotatable bonds is 6. The van der Waals surface area contributed by atoms with Gasteiger partial charge in [-0.1, -0.05) is 0 Å². The van der Waals surface area contributed by atoms with Gasteiger partial charge in [-0.15, -0.1) is 0 Å². The van der Waals surface area contributed by atoms with E-state index in [0.717, 1.165) is 24.4 Å². The normalized spacial score (nSPS) is 18.0. The molecule has 6 heteroatoms. The van der Waals surface area contributed by atoms with Crippen molar-refractivity contribution in [2.24, 2.45) is 0 Å². The third-order valence-electron chi connectivity index (χ3n) is 4.75. The van der Waals surface area contributed by atoms with Crippen molar-refractivity contribution in [2.45, 2.75) is 58.5 Å². The monoisotopic (exact) mass is 341 g/mol. The third kappa shape index (κ3) is 4.45. The fourth-order valence-electron chi connectivity index (χ4n) is 3.61. The van der Waals surface area contributed by atoms with Crippen LogP contribution in [-0.4, -0.2) is 38.6 Å². The van der Waals surface area contributed by atoms with Crippen molar-refractivity contribution < 1.29 is 4.79 Å². The average molecular weight is 341 g/mol. The van der Waals surface area contributed by atoms with Crippen molar-refractivity contribution in [3.63, 3.8) is 0 Å². The van der Waals surface area contributed by atoms with Gasteiger partial charge in [0.2, 0.25) is 5.91 Å². The minimum Gasteiger partial charge on any atom is -0.323 e. The number of pyridine rings is 1. The van der Waals surface area contributed by atoms with E-state index < -0.39 is 0 Å². The lowest BCUT2D eigenvalue weighted by Gasteiger charge is -2.28. The molecule has 0 spiro atoms. The van der Waals surface area contributed by atoms with E-state index in [1.165, 1.54) is 12.0 Å². The first-order valence-corrected chi connectivity index (χ1v) is 9.05. The highest BCUT2D eigenvalue weighted by Crippen LogP contribution is 2.33. The molecule has 3 heterocycles. The van der Waals surface area contributed by atoms with E-state index in [4.69, 9.17) is 4.98 Å². The Kier molecular flexibility index (Phi) is 5.48. The molecule has 1 saturated heterocycles. The van der Waals surface area contributed by atoms with Crippen molar-refractivity contribution in [3.8, 4) is 0 Å². The third-order valence-corrected chi connectivity index (χ3v) is 4.75. The zero-order valence-electron chi connectivity index (χ0n) is 15.2. The number of hydrogen-bond acceptors (Lipinski definition) is 4. The molecule has 1 aliphatic rings. The van der Waals surface area contributed by atoms with E-state index in [0.29, 0.717) is 30.6 Å². The highest BCUT2D eigenvalue weighted by Gasteiger charge is 2.29. The fraction of sp³-hybridized carbons (Fsp3) is 0.526. The Balaban J connectivity index is 1.66. The van der Waals surface area contributed by atoms with Crippen molar-refractivity contribution in [3.05, 3.63) is 41.5 Å². The number of aromatic nitrogens is 3. The van der Waals surface area contributed by atoms with Crippen LogP contribution in [0.2, 0.25) is 0 Å². The second-order valence-corrected chi connectivity index (χ2v) is 7.07. The van der Waals surface area contributed by atoms with Crippen LogP contribution in [0.25, 0.3) is 0 Å². The molecule has 1 aliphatic heterocycles. The molecule has 2 aromatic rings. The van der Waals surface area contributed by atoms with Gasteiger partial charge in [0.25, 0.3) is 0 Å². The number of carbonyl (C=O) groups is 1. The van der Waals surface area contributed by atoms with Crippen LogP contribution in [0, 0.1) is 6.92 Å². The second-order valence-electron chi connectivity index (χ2n) is 7.07. The molecule has 25 heavy (non-hydrogen) atoms. The number of amides is 1. The molecule has 0 radical (unpaired) electrons. The summed E-state index contributed by atoms with van der Waals surface area (Å²) in [5.41, 5.74) is 4.06. The standard InChI is InChI=1S/C19H27N5O/c1-13(2)24-8-4-5-18(24)17-10-15(9-14(3)22-17)6-7-19(25)23-16-11-20-21-12-16/h9-13,18H,4-8H2,1-3H3,(H,20,21)(H,23,25)/t18-/m0/s1. The van der Waals surface area contributed by atoms with Gasteiger partial charge < -0.3 is 5.32 Å². The maximum atomic E-state index is 12.1. The van der Waals surface area contributed by atoms with Gasteiger partial charge in [0.15, 0.2) is 0 Å². The van der Waals surface area contributed by atoms with Crippen LogP contribution in [0.3, 0.4) is 0 Å². The van der Waals surface area contributed by atoms with Crippen LogP contribution in [0.5, 0.6) is 0 Å². The molecule has 3 rings (SSSR count). The molecule has 1 fully saturated rings. The van der Waals surface area contributed by atoms with Crippen LogP contribution >= 0.6 is 0 Å². The quantitative estimate of drug-likeness (QED) is 0.846.